The van der Waals surface area contributed by atoms with Crippen LogP contribution in [-0.2, 0) is 27.6 Å². The van der Waals surface area contributed by atoms with Gasteiger partial charge in [0, 0.05) is 55.3 Å². The van der Waals surface area contributed by atoms with Crippen LogP contribution in [0.25, 0.3) is 10.8 Å². The van der Waals surface area contributed by atoms with E-state index >= 15 is 0 Å². The number of hydrogen-bond donors (Lipinski definition) is 0. The molecule has 5 rings (SSSR count). The fourth-order valence-corrected chi connectivity index (χ4v) is 6.69. The van der Waals surface area contributed by atoms with Gasteiger partial charge in [0.15, 0.2) is 9.84 Å². The van der Waals surface area contributed by atoms with Gasteiger partial charge in [0.1, 0.15) is 5.82 Å². The fraction of sp³-hybridized carbons (Fsp3) is 0.462. The van der Waals surface area contributed by atoms with Gasteiger partial charge in [0.2, 0.25) is 5.91 Å². The number of halogens is 2. The number of aryl methyl sites for hydroxylation is 1. The highest BCUT2D eigenvalue weighted by Crippen LogP contribution is 2.31. The number of fused-ring (bicyclic) bond motifs is 2. The van der Waals surface area contributed by atoms with Crippen LogP contribution in [0.5, 0.6) is 0 Å². The topological polar surface area (TPSA) is 72.3 Å². The fourth-order valence-electron chi connectivity index (χ4n) is 5.25. The van der Waals surface area contributed by atoms with Crippen molar-refractivity contribution in [2.45, 2.75) is 62.3 Å². The molecule has 1 aromatic heterocycles. The summed E-state index contributed by atoms with van der Waals surface area (Å²) in [6.45, 7) is 2.38. The Labute approximate surface area is 218 Å². The Morgan fingerprint density at radius 2 is 1.74 bits per heavy atom. The zero-order valence-corrected chi connectivity index (χ0v) is 22.0. The number of likely N-dealkylation sites (tertiary alicyclic amines) is 1. The number of piperidine rings is 1. The molecule has 35 heavy (non-hydrogen) atoms. The molecule has 2 aromatic carbocycles. The van der Waals surface area contributed by atoms with Gasteiger partial charge in [-0.1, -0.05) is 30.2 Å². The quantitative estimate of drug-likeness (QED) is 0.437. The van der Waals surface area contributed by atoms with E-state index in [4.69, 9.17) is 11.6 Å². The van der Waals surface area contributed by atoms with Gasteiger partial charge in [-0.25, -0.2) is 13.4 Å². The lowest BCUT2D eigenvalue weighted by atomic mass is 9.93. The smallest absolute Gasteiger partial charge is 0.223 e. The minimum atomic E-state index is -3.55. The van der Waals surface area contributed by atoms with Crippen molar-refractivity contribution in [3.8, 4) is 0 Å². The maximum Gasteiger partial charge on any atom is 0.223 e. The second-order valence-electron chi connectivity index (χ2n) is 9.44. The highest BCUT2D eigenvalue weighted by molar-refractivity contribution is 7.91. The molecule has 0 radical (unpaired) electrons. The van der Waals surface area contributed by atoms with E-state index in [0.29, 0.717) is 24.0 Å². The lowest BCUT2D eigenvalue weighted by Crippen LogP contribution is -2.39. The number of nitrogens with zero attached hydrogens (tertiary/aromatic N) is 3. The molecular weight excluding hydrogens is 505 g/mol. The number of rotatable bonds is 5. The number of aromatic nitrogens is 2. The van der Waals surface area contributed by atoms with Crippen LogP contribution < -0.4 is 0 Å². The Hall–Kier alpha value is -2.09. The predicted octanol–water partition coefficient (Wildman–Crippen LogP) is 5.41. The molecule has 1 fully saturated rings. The van der Waals surface area contributed by atoms with E-state index in [9.17, 15) is 13.2 Å². The molecular formula is C26H31Cl2N3O3S. The zero-order valence-electron chi connectivity index (χ0n) is 19.7. The number of benzene rings is 2. The molecule has 0 saturated carbocycles. The van der Waals surface area contributed by atoms with Crippen molar-refractivity contribution in [3.05, 3.63) is 59.1 Å². The molecule has 0 unspecified atom stereocenters. The van der Waals surface area contributed by atoms with Crippen molar-refractivity contribution < 1.29 is 13.2 Å². The van der Waals surface area contributed by atoms with Crippen LogP contribution in [-0.4, -0.2) is 47.6 Å². The van der Waals surface area contributed by atoms with Gasteiger partial charge >= 0.3 is 0 Å². The molecule has 0 N–H and O–H groups in total. The molecule has 0 atom stereocenters. The average molecular weight is 537 g/mol. The standard InChI is InChI=1S/C26H30ClN3O3S.ClH/c27-22-7-5-21-17-23(8-6-20(21)16-22)34(32,33)15-11-26(31)29-13-9-19(10-14-29)24-18-28-25-4-2-1-3-12-30(24)25;/h5-8,16-19H,1-4,9-15H2;1H. The summed E-state index contributed by atoms with van der Waals surface area (Å²) < 4.78 is 28.2. The summed E-state index contributed by atoms with van der Waals surface area (Å²) in [5, 5.41) is 2.32. The van der Waals surface area contributed by atoms with Crippen molar-refractivity contribution in [2.24, 2.45) is 0 Å². The zero-order chi connectivity index (χ0) is 23.7. The highest BCUT2D eigenvalue weighted by atomic mass is 35.5. The van der Waals surface area contributed by atoms with Crippen LogP contribution >= 0.6 is 24.0 Å². The van der Waals surface area contributed by atoms with E-state index < -0.39 is 9.84 Å². The maximum absolute atomic E-state index is 12.9. The second-order valence-corrected chi connectivity index (χ2v) is 12.0. The second kappa shape index (κ2) is 10.9. The van der Waals surface area contributed by atoms with Crippen molar-refractivity contribution in [3.63, 3.8) is 0 Å². The summed E-state index contributed by atoms with van der Waals surface area (Å²) >= 11 is 6.02. The Bertz CT molecular complexity index is 1310. The van der Waals surface area contributed by atoms with Crippen molar-refractivity contribution in [1.82, 2.24) is 14.5 Å². The Morgan fingerprint density at radius 1 is 1.00 bits per heavy atom. The first-order valence-corrected chi connectivity index (χ1v) is 14.2. The lowest BCUT2D eigenvalue weighted by Gasteiger charge is -2.32. The first-order chi connectivity index (χ1) is 16.4. The monoisotopic (exact) mass is 535 g/mol. The molecule has 0 aliphatic carbocycles. The van der Waals surface area contributed by atoms with Crippen LogP contribution in [0.3, 0.4) is 0 Å². The van der Waals surface area contributed by atoms with Crippen molar-refractivity contribution >= 4 is 50.5 Å². The Balaban J connectivity index is 0.00000289. The van der Waals surface area contributed by atoms with Crippen molar-refractivity contribution in [2.75, 3.05) is 18.8 Å². The number of imidazole rings is 1. The van der Waals surface area contributed by atoms with Gasteiger partial charge < -0.3 is 9.47 Å². The van der Waals surface area contributed by atoms with E-state index in [-0.39, 0.29) is 35.4 Å². The van der Waals surface area contributed by atoms with Gasteiger partial charge in [-0.15, -0.1) is 12.4 Å². The largest absolute Gasteiger partial charge is 0.343 e. The minimum Gasteiger partial charge on any atom is -0.343 e. The van der Waals surface area contributed by atoms with Gasteiger partial charge in [-0.05, 0) is 60.7 Å². The number of amides is 1. The molecule has 9 heteroatoms. The van der Waals surface area contributed by atoms with E-state index in [0.717, 1.165) is 36.6 Å². The molecule has 1 amide bonds. The maximum atomic E-state index is 12.9. The summed E-state index contributed by atoms with van der Waals surface area (Å²) in [7, 11) is -3.55. The number of hydrogen-bond acceptors (Lipinski definition) is 4. The molecule has 188 valence electrons. The van der Waals surface area contributed by atoms with Crippen LogP contribution in [0.2, 0.25) is 5.02 Å². The van der Waals surface area contributed by atoms with E-state index in [1.54, 1.807) is 24.3 Å². The Morgan fingerprint density at radius 3 is 2.54 bits per heavy atom. The molecule has 2 aliphatic heterocycles. The Kier molecular flexibility index (Phi) is 8.09. The average Bonchev–Trinajstić information content (AvgIpc) is 3.10. The molecule has 1 saturated heterocycles. The molecule has 2 aliphatic rings. The first kappa shape index (κ1) is 26.0. The third-order valence-corrected chi connectivity index (χ3v) is 9.18. The van der Waals surface area contributed by atoms with E-state index in [1.807, 2.05) is 23.2 Å². The third kappa shape index (κ3) is 5.68. The lowest BCUT2D eigenvalue weighted by molar-refractivity contribution is -0.131. The first-order valence-electron chi connectivity index (χ1n) is 12.1. The summed E-state index contributed by atoms with van der Waals surface area (Å²) in [6, 6.07) is 10.4. The predicted molar refractivity (Wildman–Crippen MR) is 141 cm³/mol. The SMILES string of the molecule is Cl.O=C(CCS(=O)(=O)c1ccc2cc(Cl)ccc2c1)N1CCC(c2cnc3n2CCCCC3)CC1. The summed E-state index contributed by atoms with van der Waals surface area (Å²) in [5.41, 5.74) is 1.31. The van der Waals surface area contributed by atoms with Crippen LogP contribution in [0, 0.1) is 0 Å². The van der Waals surface area contributed by atoms with Crippen molar-refractivity contribution in [1.29, 1.82) is 0 Å². The number of sulfone groups is 1. The van der Waals surface area contributed by atoms with Gasteiger partial charge in [-0.2, -0.15) is 0 Å². The molecule has 3 heterocycles. The summed E-state index contributed by atoms with van der Waals surface area (Å²) in [6.07, 6.45) is 8.56. The summed E-state index contributed by atoms with van der Waals surface area (Å²) in [4.78, 5) is 19.6. The number of carbonyl (C=O) groups excluding carboxylic acids is 1. The minimum absolute atomic E-state index is 0. The van der Waals surface area contributed by atoms with Crippen LogP contribution in [0.4, 0.5) is 0 Å². The molecule has 6 nitrogen and oxygen atoms in total. The van der Waals surface area contributed by atoms with E-state index in [1.165, 1.54) is 30.8 Å². The van der Waals surface area contributed by atoms with Crippen LogP contribution in [0.15, 0.2) is 47.5 Å². The van der Waals surface area contributed by atoms with Gasteiger partial charge in [0.05, 0.1) is 10.6 Å². The molecule has 3 aromatic rings. The normalized spacial score (nSPS) is 17.0. The summed E-state index contributed by atoms with van der Waals surface area (Å²) in [5.74, 6) is 1.36. The molecule has 0 spiro atoms. The van der Waals surface area contributed by atoms with Gasteiger partial charge in [0.25, 0.3) is 0 Å². The molecule has 0 bridgehead atoms. The van der Waals surface area contributed by atoms with Gasteiger partial charge in [-0.3, -0.25) is 4.79 Å². The highest BCUT2D eigenvalue weighted by Gasteiger charge is 2.28. The van der Waals surface area contributed by atoms with Crippen LogP contribution in [0.1, 0.15) is 56.0 Å². The number of carbonyl (C=O) groups is 1. The third-order valence-electron chi connectivity index (χ3n) is 7.23. The van der Waals surface area contributed by atoms with E-state index in [2.05, 4.69) is 9.55 Å².